The van der Waals surface area contributed by atoms with E-state index in [9.17, 15) is 18.5 Å². The second kappa shape index (κ2) is 6.51. The van der Waals surface area contributed by atoms with Gasteiger partial charge >= 0.3 is 0 Å². The molecule has 1 atom stereocenters. The second-order valence-electron chi connectivity index (χ2n) is 5.32. The Bertz CT molecular complexity index is 951. The molecule has 3 aromatic rings. The summed E-state index contributed by atoms with van der Waals surface area (Å²) in [4.78, 5) is 12.7. The topological polar surface area (TPSA) is 74.6 Å². The maximum Gasteiger partial charge on any atom is 0.197 e. The molecule has 122 valence electrons. The average molecular weight is 344 g/mol. The van der Waals surface area contributed by atoms with Crippen molar-refractivity contribution in [3.05, 3.63) is 77.1 Å². The standard InChI is InChI=1S/C18H13FO4S/c19-14-5-2-12(3-6-14)18(21)17-15-7-1-11(10-24(22)23)9-13(15)4-8-16(17)20/h1-9,20H,10H2,(H,22,23). The number of ketones is 1. The molecular weight excluding hydrogens is 331 g/mol. The van der Waals surface area contributed by atoms with Gasteiger partial charge in [-0.2, -0.15) is 0 Å². The van der Waals surface area contributed by atoms with Gasteiger partial charge in [0.15, 0.2) is 16.9 Å². The third-order valence-corrected chi connectivity index (χ3v) is 4.27. The van der Waals surface area contributed by atoms with Crippen molar-refractivity contribution in [2.75, 3.05) is 0 Å². The molecule has 3 rings (SSSR count). The van der Waals surface area contributed by atoms with E-state index in [1.807, 2.05) is 0 Å². The number of rotatable bonds is 4. The molecule has 6 heteroatoms. The van der Waals surface area contributed by atoms with Crippen LogP contribution in [0.15, 0.2) is 54.6 Å². The third-order valence-electron chi connectivity index (χ3n) is 3.69. The van der Waals surface area contributed by atoms with E-state index in [0.29, 0.717) is 16.3 Å². The maximum absolute atomic E-state index is 13.0. The molecule has 3 aromatic carbocycles. The number of hydrogen-bond acceptors (Lipinski definition) is 3. The highest BCUT2D eigenvalue weighted by atomic mass is 32.2. The number of halogens is 1. The van der Waals surface area contributed by atoms with Gasteiger partial charge in [0.05, 0.1) is 11.3 Å². The lowest BCUT2D eigenvalue weighted by Gasteiger charge is -2.10. The van der Waals surface area contributed by atoms with Crippen molar-refractivity contribution in [2.24, 2.45) is 0 Å². The Kier molecular flexibility index (Phi) is 4.42. The van der Waals surface area contributed by atoms with Crippen LogP contribution in [-0.2, 0) is 16.8 Å². The smallest absolute Gasteiger partial charge is 0.197 e. The van der Waals surface area contributed by atoms with E-state index >= 15 is 0 Å². The van der Waals surface area contributed by atoms with Gasteiger partial charge in [-0.05, 0) is 46.7 Å². The van der Waals surface area contributed by atoms with Crippen molar-refractivity contribution < 1.29 is 23.1 Å². The summed E-state index contributed by atoms with van der Waals surface area (Å²) >= 11 is -1.96. The lowest BCUT2D eigenvalue weighted by atomic mass is 9.95. The number of fused-ring (bicyclic) bond motifs is 1. The monoisotopic (exact) mass is 344 g/mol. The zero-order chi connectivity index (χ0) is 17.3. The molecule has 0 radical (unpaired) electrons. The first-order chi connectivity index (χ1) is 11.5. The van der Waals surface area contributed by atoms with E-state index in [4.69, 9.17) is 4.55 Å². The summed E-state index contributed by atoms with van der Waals surface area (Å²) in [6.45, 7) is 0. The Morgan fingerprint density at radius 2 is 1.75 bits per heavy atom. The fraction of sp³-hybridized carbons (Fsp3) is 0.0556. The molecule has 0 saturated heterocycles. The summed E-state index contributed by atoms with van der Waals surface area (Å²) in [5, 5.41) is 11.3. The highest BCUT2D eigenvalue weighted by molar-refractivity contribution is 7.78. The molecule has 0 amide bonds. The number of carbonyl (C=O) groups is 1. The van der Waals surface area contributed by atoms with Crippen molar-refractivity contribution in [1.82, 2.24) is 0 Å². The van der Waals surface area contributed by atoms with Gasteiger partial charge in [0.25, 0.3) is 0 Å². The predicted molar refractivity (Wildman–Crippen MR) is 89.9 cm³/mol. The van der Waals surface area contributed by atoms with Gasteiger partial charge in [0.1, 0.15) is 11.6 Å². The Hall–Kier alpha value is -2.57. The molecule has 2 N–H and O–H groups in total. The second-order valence-corrected chi connectivity index (χ2v) is 6.25. The van der Waals surface area contributed by atoms with Crippen LogP contribution >= 0.6 is 0 Å². The average Bonchev–Trinajstić information content (AvgIpc) is 2.54. The Balaban J connectivity index is 2.12. The largest absolute Gasteiger partial charge is 0.507 e. The SMILES string of the molecule is O=C(c1ccc(F)cc1)c1c(O)ccc2cc(CS(=O)O)ccc12. The van der Waals surface area contributed by atoms with Crippen LogP contribution in [-0.4, -0.2) is 19.7 Å². The van der Waals surface area contributed by atoms with Gasteiger partial charge in [0.2, 0.25) is 0 Å². The number of aromatic hydroxyl groups is 1. The summed E-state index contributed by atoms with van der Waals surface area (Å²) in [7, 11) is 0. The van der Waals surface area contributed by atoms with E-state index in [1.54, 1.807) is 24.3 Å². The van der Waals surface area contributed by atoms with E-state index in [0.717, 1.165) is 0 Å². The van der Waals surface area contributed by atoms with Crippen molar-refractivity contribution in [3.63, 3.8) is 0 Å². The molecule has 1 unspecified atom stereocenters. The quantitative estimate of drug-likeness (QED) is 0.560. The lowest BCUT2D eigenvalue weighted by molar-refractivity contribution is 0.103. The van der Waals surface area contributed by atoms with E-state index < -0.39 is 22.7 Å². The van der Waals surface area contributed by atoms with E-state index in [2.05, 4.69) is 0 Å². The summed E-state index contributed by atoms with van der Waals surface area (Å²) in [6.07, 6.45) is 0. The first-order valence-electron chi connectivity index (χ1n) is 7.08. The Labute approximate surface area is 139 Å². The molecular formula is C18H13FO4S. The summed E-state index contributed by atoms with van der Waals surface area (Å²) in [6, 6.07) is 13.1. The van der Waals surface area contributed by atoms with Crippen molar-refractivity contribution >= 4 is 27.6 Å². The first kappa shape index (κ1) is 16.3. The number of phenolic OH excluding ortho intramolecular Hbond substituents is 1. The van der Waals surface area contributed by atoms with Gasteiger partial charge in [-0.15, -0.1) is 0 Å². The van der Waals surface area contributed by atoms with Crippen molar-refractivity contribution in [2.45, 2.75) is 5.75 Å². The van der Waals surface area contributed by atoms with Crippen LogP contribution in [0.5, 0.6) is 5.75 Å². The number of carbonyl (C=O) groups excluding carboxylic acids is 1. The zero-order valence-electron chi connectivity index (χ0n) is 12.4. The van der Waals surface area contributed by atoms with Crippen LogP contribution < -0.4 is 0 Å². The highest BCUT2D eigenvalue weighted by Crippen LogP contribution is 2.30. The predicted octanol–water partition coefficient (Wildman–Crippen LogP) is 3.64. The third kappa shape index (κ3) is 3.20. The molecule has 4 nitrogen and oxygen atoms in total. The molecule has 0 saturated carbocycles. The Morgan fingerprint density at radius 1 is 1.04 bits per heavy atom. The zero-order valence-corrected chi connectivity index (χ0v) is 13.2. The minimum Gasteiger partial charge on any atom is -0.507 e. The van der Waals surface area contributed by atoms with Crippen molar-refractivity contribution in [3.8, 4) is 5.75 Å². The molecule has 0 aliphatic heterocycles. The summed E-state index contributed by atoms with van der Waals surface area (Å²) in [5.41, 5.74) is 1.03. The van der Waals surface area contributed by atoms with E-state index in [1.165, 1.54) is 30.3 Å². The fourth-order valence-electron chi connectivity index (χ4n) is 2.58. The van der Waals surface area contributed by atoms with Crippen LogP contribution in [0.2, 0.25) is 0 Å². The van der Waals surface area contributed by atoms with E-state index in [-0.39, 0.29) is 22.6 Å². The first-order valence-corrected chi connectivity index (χ1v) is 8.35. The Morgan fingerprint density at radius 3 is 2.42 bits per heavy atom. The normalized spacial score (nSPS) is 12.2. The molecule has 0 aliphatic carbocycles. The molecule has 0 aliphatic rings. The highest BCUT2D eigenvalue weighted by Gasteiger charge is 2.17. The molecule has 0 fully saturated rings. The molecule has 0 aromatic heterocycles. The molecule has 0 spiro atoms. The van der Waals surface area contributed by atoms with Crippen molar-refractivity contribution in [1.29, 1.82) is 0 Å². The van der Waals surface area contributed by atoms with Crippen LogP contribution in [0.25, 0.3) is 10.8 Å². The van der Waals surface area contributed by atoms with Gasteiger partial charge < -0.3 is 9.66 Å². The van der Waals surface area contributed by atoms with Gasteiger partial charge in [-0.1, -0.05) is 24.3 Å². The number of benzene rings is 3. The van der Waals surface area contributed by atoms with Gasteiger partial charge in [-0.25, -0.2) is 8.60 Å². The molecule has 0 bridgehead atoms. The fourth-order valence-corrected chi connectivity index (χ4v) is 3.05. The summed E-state index contributed by atoms with van der Waals surface area (Å²) in [5.74, 6) is -1.06. The number of phenols is 1. The number of hydrogen-bond donors (Lipinski definition) is 2. The van der Waals surface area contributed by atoms with Crippen LogP contribution in [0, 0.1) is 5.82 Å². The van der Waals surface area contributed by atoms with Gasteiger partial charge in [-0.3, -0.25) is 4.79 Å². The van der Waals surface area contributed by atoms with Crippen LogP contribution in [0.1, 0.15) is 21.5 Å². The summed E-state index contributed by atoms with van der Waals surface area (Å²) < 4.78 is 32.9. The maximum atomic E-state index is 13.0. The minimum absolute atomic E-state index is 0.0158. The van der Waals surface area contributed by atoms with Crippen LogP contribution in [0.4, 0.5) is 4.39 Å². The molecule has 24 heavy (non-hydrogen) atoms. The lowest BCUT2D eigenvalue weighted by Crippen LogP contribution is -2.03. The van der Waals surface area contributed by atoms with Crippen LogP contribution in [0.3, 0.4) is 0 Å². The van der Waals surface area contributed by atoms with Gasteiger partial charge in [0, 0.05) is 5.56 Å². The molecule has 0 heterocycles. The minimum atomic E-state index is -1.96.